The Morgan fingerprint density at radius 3 is 2.70 bits per heavy atom. The van der Waals surface area contributed by atoms with Crippen LogP contribution in [0.4, 0.5) is 5.69 Å². The first-order valence-corrected chi connectivity index (χ1v) is 8.17. The molecule has 0 aliphatic rings. The van der Waals surface area contributed by atoms with Crippen molar-refractivity contribution in [2.24, 2.45) is 0 Å². The summed E-state index contributed by atoms with van der Waals surface area (Å²) in [5.41, 5.74) is 1.94. The molecule has 2 aromatic heterocycles. The van der Waals surface area contributed by atoms with E-state index in [1.165, 1.54) is 12.1 Å². The van der Waals surface area contributed by atoms with E-state index in [1.807, 2.05) is 24.3 Å². The van der Waals surface area contributed by atoms with Crippen molar-refractivity contribution < 1.29 is 14.1 Å². The molecule has 2 N–H and O–H groups in total. The van der Waals surface area contributed by atoms with Crippen LogP contribution < -0.4 is 5.32 Å². The number of furan rings is 1. The Balaban J connectivity index is 1.50. The van der Waals surface area contributed by atoms with Crippen molar-refractivity contribution in [1.82, 2.24) is 15.3 Å². The highest BCUT2D eigenvalue weighted by Gasteiger charge is 2.19. The Hall–Kier alpha value is -3.94. The van der Waals surface area contributed by atoms with Gasteiger partial charge in [0, 0.05) is 6.07 Å². The molecule has 4 rings (SSSR count). The van der Waals surface area contributed by atoms with Crippen molar-refractivity contribution in [3.05, 3.63) is 82.4 Å². The van der Waals surface area contributed by atoms with E-state index in [9.17, 15) is 14.9 Å². The van der Waals surface area contributed by atoms with Gasteiger partial charge in [-0.05, 0) is 30.3 Å². The van der Waals surface area contributed by atoms with Crippen molar-refractivity contribution in [1.29, 1.82) is 0 Å². The Kier molecular flexibility index (Phi) is 4.13. The van der Waals surface area contributed by atoms with E-state index in [0.717, 1.165) is 11.0 Å². The Bertz CT molecular complexity index is 1110. The fourth-order valence-corrected chi connectivity index (χ4v) is 2.79. The van der Waals surface area contributed by atoms with Crippen molar-refractivity contribution >= 4 is 22.6 Å². The number of hydrogen-bond donors (Lipinski definition) is 2. The predicted octanol–water partition coefficient (Wildman–Crippen LogP) is 3.66. The molecule has 1 amide bonds. The minimum absolute atomic E-state index is 0.0688. The molecule has 27 heavy (non-hydrogen) atoms. The third kappa shape index (κ3) is 3.28. The fraction of sp³-hybridized carbons (Fsp3) is 0.0526. The van der Waals surface area contributed by atoms with Crippen LogP contribution in [0.1, 0.15) is 16.4 Å². The second-order valence-electron chi connectivity index (χ2n) is 5.82. The van der Waals surface area contributed by atoms with Crippen LogP contribution >= 0.6 is 0 Å². The van der Waals surface area contributed by atoms with Gasteiger partial charge in [-0.1, -0.05) is 24.3 Å². The molecule has 0 spiro atoms. The van der Waals surface area contributed by atoms with Gasteiger partial charge in [0.2, 0.25) is 0 Å². The van der Waals surface area contributed by atoms with E-state index in [1.54, 1.807) is 24.3 Å². The number of carbonyl (C=O) groups is 1. The van der Waals surface area contributed by atoms with Gasteiger partial charge in [0.1, 0.15) is 11.6 Å². The van der Waals surface area contributed by atoms with Crippen LogP contribution in [0.15, 0.2) is 65.1 Å². The second-order valence-corrected chi connectivity index (χ2v) is 5.82. The van der Waals surface area contributed by atoms with Crippen LogP contribution in [0.3, 0.4) is 0 Å². The topological polar surface area (TPSA) is 114 Å². The molecular formula is C19H14N4O4. The highest BCUT2D eigenvalue weighted by atomic mass is 16.6. The van der Waals surface area contributed by atoms with Crippen LogP contribution in [-0.4, -0.2) is 20.8 Å². The van der Waals surface area contributed by atoms with Crippen molar-refractivity contribution in [2.75, 3.05) is 0 Å². The van der Waals surface area contributed by atoms with E-state index in [-0.39, 0.29) is 23.8 Å². The number of imidazole rings is 1. The Morgan fingerprint density at radius 1 is 1.11 bits per heavy atom. The molecule has 0 aliphatic carbocycles. The van der Waals surface area contributed by atoms with E-state index in [4.69, 9.17) is 4.42 Å². The number of rotatable bonds is 5. The smallest absolute Gasteiger partial charge is 0.287 e. The maximum Gasteiger partial charge on any atom is 0.287 e. The summed E-state index contributed by atoms with van der Waals surface area (Å²) in [7, 11) is 0. The summed E-state index contributed by atoms with van der Waals surface area (Å²) >= 11 is 0. The zero-order chi connectivity index (χ0) is 18.8. The number of nitro benzene ring substituents is 1. The minimum Gasteiger partial charge on any atom is -0.451 e. The molecule has 0 bridgehead atoms. The number of aromatic nitrogens is 2. The molecule has 4 aromatic rings. The van der Waals surface area contributed by atoms with Crippen LogP contribution in [0.25, 0.3) is 22.4 Å². The minimum atomic E-state index is -0.487. The summed E-state index contributed by atoms with van der Waals surface area (Å²) in [6.45, 7) is 0.203. The summed E-state index contributed by atoms with van der Waals surface area (Å²) in [5.74, 6) is 0.519. The summed E-state index contributed by atoms with van der Waals surface area (Å²) in [6.07, 6.45) is 0. The molecule has 8 heteroatoms. The molecule has 0 saturated heterocycles. The number of nitrogens with one attached hydrogen (secondary N) is 2. The fourth-order valence-electron chi connectivity index (χ4n) is 2.79. The first-order chi connectivity index (χ1) is 13.1. The summed E-state index contributed by atoms with van der Waals surface area (Å²) < 4.78 is 5.52. The van der Waals surface area contributed by atoms with Crippen molar-refractivity contribution in [2.45, 2.75) is 6.54 Å². The van der Waals surface area contributed by atoms with Gasteiger partial charge in [-0.25, -0.2) is 4.98 Å². The highest BCUT2D eigenvalue weighted by Crippen LogP contribution is 2.30. The van der Waals surface area contributed by atoms with Crippen LogP contribution in [-0.2, 0) is 6.54 Å². The number of fused-ring (bicyclic) bond motifs is 1. The molecule has 2 heterocycles. The lowest BCUT2D eigenvalue weighted by molar-refractivity contribution is -0.384. The number of carbonyl (C=O) groups excluding carboxylic acids is 1. The predicted molar refractivity (Wildman–Crippen MR) is 98.1 cm³/mol. The van der Waals surface area contributed by atoms with Gasteiger partial charge < -0.3 is 14.7 Å². The third-order valence-electron chi connectivity index (χ3n) is 4.05. The molecule has 0 fully saturated rings. The number of para-hydroxylation sites is 3. The normalized spacial score (nSPS) is 10.8. The molecule has 2 aromatic carbocycles. The van der Waals surface area contributed by atoms with E-state index in [2.05, 4.69) is 15.3 Å². The van der Waals surface area contributed by atoms with Gasteiger partial charge in [-0.3, -0.25) is 14.9 Å². The standard InChI is InChI=1S/C19H14N4O4/c24-19(20-11-18-21-13-6-2-3-7-14(13)22-18)17-10-9-16(27-17)12-5-1-4-8-15(12)23(25)26/h1-10H,11H2,(H,20,24)(H,21,22). The van der Waals surface area contributed by atoms with Gasteiger partial charge in [0.05, 0.1) is 28.1 Å². The summed E-state index contributed by atoms with van der Waals surface area (Å²) in [6, 6.07) is 16.8. The highest BCUT2D eigenvalue weighted by molar-refractivity contribution is 5.92. The van der Waals surface area contributed by atoms with E-state index in [0.29, 0.717) is 11.4 Å². The second kappa shape index (κ2) is 6.75. The van der Waals surface area contributed by atoms with Gasteiger partial charge in [-0.2, -0.15) is 0 Å². The molecule has 134 valence electrons. The van der Waals surface area contributed by atoms with Crippen LogP contribution in [0, 0.1) is 10.1 Å². The lowest BCUT2D eigenvalue weighted by Gasteiger charge is -2.01. The number of benzene rings is 2. The third-order valence-corrected chi connectivity index (χ3v) is 4.05. The number of hydrogen-bond acceptors (Lipinski definition) is 5. The molecule has 0 aliphatic heterocycles. The zero-order valence-electron chi connectivity index (χ0n) is 14.0. The first kappa shape index (κ1) is 16.5. The van der Waals surface area contributed by atoms with Gasteiger partial charge in [0.25, 0.3) is 11.6 Å². The molecule has 8 nitrogen and oxygen atoms in total. The maximum atomic E-state index is 12.3. The lowest BCUT2D eigenvalue weighted by atomic mass is 10.1. The van der Waals surface area contributed by atoms with Crippen molar-refractivity contribution in [3.63, 3.8) is 0 Å². The molecule has 0 atom stereocenters. The average Bonchev–Trinajstić information content (AvgIpc) is 3.33. The number of H-pyrrole nitrogens is 1. The number of nitro groups is 1. The summed E-state index contributed by atoms with van der Waals surface area (Å²) in [4.78, 5) is 30.5. The van der Waals surface area contributed by atoms with Gasteiger partial charge in [0.15, 0.2) is 5.76 Å². The lowest BCUT2D eigenvalue weighted by Crippen LogP contribution is -2.22. The maximum absolute atomic E-state index is 12.3. The number of aromatic amines is 1. The van der Waals surface area contributed by atoms with Gasteiger partial charge in [-0.15, -0.1) is 0 Å². The first-order valence-electron chi connectivity index (χ1n) is 8.17. The monoisotopic (exact) mass is 362 g/mol. The van der Waals surface area contributed by atoms with E-state index >= 15 is 0 Å². The Labute approximate surface area is 153 Å². The summed E-state index contributed by atoms with van der Waals surface area (Å²) in [5, 5.41) is 13.9. The molecular weight excluding hydrogens is 348 g/mol. The van der Waals surface area contributed by atoms with E-state index < -0.39 is 10.8 Å². The number of nitrogens with zero attached hydrogens (tertiary/aromatic N) is 2. The van der Waals surface area contributed by atoms with Crippen LogP contribution in [0.2, 0.25) is 0 Å². The van der Waals surface area contributed by atoms with Crippen LogP contribution in [0.5, 0.6) is 0 Å². The molecule has 0 saturated carbocycles. The Morgan fingerprint density at radius 2 is 1.89 bits per heavy atom. The van der Waals surface area contributed by atoms with Gasteiger partial charge >= 0.3 is 0 Å². The molecule has 0 radical (unpaired) electrons. The SMILES string of the molecule is O=C(NCc1nc2ccccc2[nH]1)c1ccc(-c2ccccc2[N+](=O)[O-])o1. The largest absolute Gasteiger partial charge is 0.451 e. The van der Waals surface area contributed by atoms with Crippen molar-refractivity contribution in [3.8, 4) is 11.3 Å². The zero-order valence-corrected chi connectivity index (χ0v) is 14.0. The molecule has 0 unspecified atom stereocenters. The average molecular weight is 362 g/mol. The number of amides is 1. The quantitative estimate of drug-likeness (QED) is 0.415.